The maximum atomic E-state index is 14.6. The van der Waals surface area contributed by atoms with Crippen LogP contribution in [0.2, 0.25) is 0 Å². The van der Waals surface area contributed by atoms with Crippen LogP contribution in [0.25, 0.3) is 0 Å². The molecule has 1 heterocycles. The molecule has 1 aliphatic heterocycles. The van der Waals surface area contributed by atoms with Gasteiger partial charge in [0.1, 0.15) is 0 Å². The monoisotopic (exact) mass is 686 g/mol. The summed E-state index contributed by atoms with van der Waals surface area (Å²) in [4.78, 5) is 43.3. The minimum absolute atomic E-state index is 0.00234. The maximum Gasteiger partial charge on any atom is 0.303 e. The van der Waals surface area contributed by atoms with Gasteiger partial charge in [0.05, 0.1) is 6.26 Å². The molecule has 9 heteroatoms. The number of fused-ring (bicyclic) bond motifs is 7. The molecule has 4 saturated carbocycles. The number of carbonyl (C=O) groups is 3. The van der Waals surface area contributed by atoms with Crippen molar-refractivity contribution in [1.82, 2.24) is 9.21 Å². The van der Waals surface area contributed by atoms with Gasteiger partial charge in [-0.3, -0.25) is 14.4 Å². The molecule has 48 heavy (non-hydrogen) atoms. The van der Waals surface area contributed by atoms with Crippen molar-refractivity contribution >= 4 is 27.7 Å². The Hall–Kier alpha value is -1.74. The topological polar surface area (TPSA) is 101 Å². The van der Waals surface area contributed by atoms with Crippen molar-refractivity contribution in [2.75, 3.05) is 32.4 Å². The van der Waals surface area contributed by atoms with Crippen LogP contribution < -0.4 is 0 Å². The molecule has 9 atom stereocenters. The molecule has 1 saturated heterocycles. The van der Waals surface area contributed by atoms with Gasteiger partial charge in [-0.05, 0) is 114 Å². The van der Waals surface area contributed by atoms with Crippen LogP contribution in [0, 0.1) is 56.7 Å². The molecule has 0 spiro atoms. The zero-order valence-electron chi connectivity index (χ0n) is 31.4. The minimum Gasteiger partial charge on any atom is -0.451 e. The van der Waals surface area contributed by atoms with Crippen molar-refractivity contribution in [3.63, 3.8) is 0 Å². The zero-order valence-corrected chi connectivity index (χ0v) is 32.2. The van der Waals surface area contributed by atoms with E-state index in [-0.39, 0.29) is 72.4 Å². The van der Waals surface area contributed by atoms with E-state index >= 15 is 0 Å². The van der Waals surface area contributed by atoms with Crippen LogP contribution in [-0.2, 0) is 29.1 Å². The highest BCUT2D eigenvalue weighted by Crippen LogP contribution is 2.77. The number of allylic oxidation sites excluding steroid dienone is 1. The SMILES string of the molecule is CC(=O)OC(C(=O)N1CCN(S(C)(=O)=O)CC1)[C@@]12CC[C@]3(C)[C@H](CC[C@@H]4[C@@]5(C)CC[C@H](C)C(C)(C)[C@@H]5CC[C@]43C)C1=C(C(C)C)C(=O)C2. The molecule has 1 amide bonds. The Morgan fingerprint density at radius 2 is 1.50 bits per heavy atom. The molecule has 5 aliphatic carbocycles. The third-order valence-corrected chi connectivity index (χ3v) is 17.4. The summed E-state index contributed by atoms with van der Waals surface area (Å²) in [5, 5.41) is 0. The highest BCUT2D eigenvalue weighted by atomic mass is 32.2. The number of piperazine rings is 1. The fraction of sp³-hybridized carbons (Fsp3) is 0.872. The molecule has 1 unspecified atom stereocenters. The summed E-state index contributed by atoms with van der Waals surface area (Å²) in [5.74, 6) is 1.44. The number of rotatable bonds is 5. The van der Waals surface area contributed by atoms with Gasteiger partial charge in [-0.15, -0.1) is 0 Å². The number of ketones is 1. The lowest BCUT2D eigenvalue weighted by atomic mass is 9.32. The highest BCUT2D eigenvalue weighted by molar-refractivity contribution is 7.88. The summed E-state index contributed by atoms with van der Waals surface area (Å²) < 4.78 is 31.9. The lowest BCUT2D eigenvalue weighted by molar-refractivity contribution is -0.223. The Morgan fingerprint density at radius 1 is 0.854 bits per heavy atom. The van der Waals surface area contributed by atoms with Crippen molar-refractivity contribution in [3.05, 3.63) is 11.1 Å². The number of esters is 1. The first-order valence-corrected chi connectivity index (χ1v) is 20.7. The number of nitrogens with zero attached hydrogens (tertiary/aromatic N) is 2. The summed E-state index contributed by atoms with van der Waals surface area (Å²) in [6.45, 7) is 21.6. The molecular formula is C39H62N2O6S. The molecule has 270 valence electrons. The fourth-order valence-corrected chi connectivity index (χ4v) is 14.0. The molecule has 6 aliphatic rings. The van der Waals surface area contributed by atoms with Gasteiger partial charge in [-0.25, -0.2) is 8.42 Å². The van der Waals surface area contributed by atoms with E-state index < -0.39 is 27.5 Å². The molecular weight excluding hydrogens is 625 g/mol. The van der Waals surface area contributed by atoms with Gasteiger partial charge in [-0.2, -0.15) is 4.31 Å². The number of hydrogen-bond donors (Lipinski definition) is 0. The molecule has 0 aromatic rings. The molecule has 0 aromatic carbocycles. The summed E-state index contributed by atoms with van der Waals surface area (Å²) >= 11 is 0. The maximum absolute atomic E-state index is 14.6. The van der Waals surface area contributed by atoms with E-state index in [2.05, 4.69) is 55.4 Å². The van der Waals surface area contributed by atoms with E-state index in [9.17, 15) is 22.8 Å². The standard InChI is InChI=1S/C39H62N2O6S/c1-24(2)31-28(43)23-39(33(47-26(4)42)34(44)40-19-21-41(22-20-40)48(10,45)46)18-17-37(8)27(32(31)39)11-12-30-36(7)15-13-25(3)35(5,6)29(36)14-16-38(30,37)9/h24-25,27,29-30,33H,11-23H2,1-10H3/t25-,27+,29-,30+,33?,36-,37+,38+,39+/m0/s1. The fourth-order valence-electron chi connectivity index (χ4n) is 13.1. The smallest absolute Gasteiger partial charge is 0.303 e. The average molecular weight is 687 g/mol. The van der Waals surface area contributed by atoms with Crippen LogP contribution >= 0.6 is 0 Å². The number of ether oxygens (including phenoxy) is 1. The summed E-state index contributed by atoms with van der Waals surface area (Å²) in [6, 6.07) is 0. The van der Waals surface area contributed by atoms with Crippen LogP contribution in [0.1, 0.15) is 120 Å². The van der Waals surface area contributed by atoms with E-state index in [1.807, 2.05) is 0 Å². The van der Waals surface area contributed by atoms with Gasteiger partial charge in [0.15, 0.2) is 11.9 Å². The molecule has 0 bridgehead atoms. The summed E-state index contributed by atoms with van der Waals surface area (Å²) in [5.41, 5.74) is 1.74. The minimum atomic E-state index is -3.37. The van der Waals surface area contributed by atoms with Crippen LogP contribution in [0.3, 0.4) is 0 Å². The van der Waals surface area contributed by atoms with Crippen LogP contribution in [0.4, 0.5) is 0 Å². The molecule has 6 rings (SSSR count). The summed E-state index contributed by atoms with van der Waals surface area (Å²) in [7, 11) is -3.37. The van der Waals surface area contributed by atoms with Gasteiger partial charge < -0.3 is 9.64 Å². The van der Waals surface area contributed by atoms with Gasteiger partial charge in [-0.1, -0.05) is 55.4 Å². The first kappa shape index (κ1) is 36.1. The quantitative estimate of drug-likeness (QED) is 0.301. The van der Waals surface area contributed by atoms with Crippen LogP contribution in [-0.4, -0.2) is 73.8 Å². The predicted octanol–water partition coefficient (Wildman–Crippen LogP) is 6.64. The summed E-state index contributed by atoms with van der Waals surface area (Å²) in [6.07, 6.45) is 8.89. The first-order chi connectivity index (χ1) is 22.1. The average Bonchev–Trinajstić information content (AvgIpc) is 3.30. The number of amides is 1. The van der Waals surface area contributed by atoms with Gasteiger partial charge in [0.25, 0.3) is 5.91 Å². The lowest BCUT2D eigenvalue weighted by Crippen LogP contribution is -2.66. The van der Waals surface area contributed by atoms with Crippen molar-refractivity contribution in [1.29, 1.82) is 0 Å². The van der Waals surface area contributed by atoms with E-state index in [1.54, 1.807) is 4.90 Å². The van der Waals surface area contributed by atoms with Crippen molar-refractivity contribution < 1.29 is 27.5 Å². The highest BCUT2D eigenvalue weighted by Gasteiger charge is 2.71. The molecule has 5 fully saturated rings. The Balaban J connectivity index is 1.41. The Kier molecular flexibility index (Phi) is 8.75. The molecule has 0 N–H and O–H groups in total. The molecule has 8 nitrogen and oxygen atoms in total. The predicted molar refractivity (Wildman–Crippen MR) is 187 cm³/mol. The third-order valence-electron chi connectivity index (χ3n) is 16.1. The van der Waals surface area contributed by atoms with Gasteiger partial charge in [0.2, 0.25) is 10.0 Å². The van der Waals surface area contributed by atoms with Crippen molar-refractivity contribution in [2.24, 2.45) is 56.7 Å². The van der Waals surface area contributed by atoms with Crippen LogP contribution in [0.15, 0.2) is 11.1 Å². The van der Waals surface area contributed by atoms with E-state index in [4.69, 9.17) is 4.74 Å². The molecule has 0 radical (unpaired) electrons. The van der Waals surface area contributed by atoms with Crippen LogP contribution in [0.5, 0.6) is 0 Å². The normalized spacial score (nSPS) is 42.1. The number of Topliss-reactive ketones (excluding diaryl/α,β-unsaturated/α-hetero) is 1. The van der Waals surface area contributed by atoms with Crippen molar-refractivity contribution in [3.8, 4) is 0 Å². The number of sulfonamides is 1. The largest absolute Gasteiger partial charge is 0.451 e. The van der Waals surface area contributed by atoms with E-state index in [0.29, 0.717) is 23.7 Å². The number of carbonyl (C=O) groups excluding carboxylic acids is 3. The molecule has 0 aromatic heterocycles. The second kappa shape index (κ2) is 11.6. The van der Waals surface area contributed by atoms with Crippen molar-refractivity contribution in [2.45, 2.75) is 126 Å². The zero-order chi connectivity index (χ0) is 35.4. The Bertz CT molecular complexity index is 1510. The first-order valence-electron chi connectivity index (χ1n) is 18.8. The lowest BCUT2D eigenvalue weighted by Gasteiger charge is -2.72. The van der Waals surface area contributed by atoms with Gasteiger partial charge >= 0.3 is 5.97 Å². The van der Waals surface area contributed by atoms with E-state index in [1.165, 1.54) is 43.2 Å². The third kappa shape index (κ3) is 5.04. The second-order valence-electron chi connectivity index (χ2n) is 18.6. The van der Waals surface area contributed by atoms with E-state index in [0.717, 1.165) is 36.3 Å². The Labute approximate surface area is 290 Å². The number of hydrogen-bond acceptors (Lipinski definition) is 6. The van der Waals surface area contributed by atoms with Gasteiger partial charge in [0, 0.05) is 44.9 Å². The second-order valence-corrected chi connectivity index (χ2v) is 20.6. The Morgan fingerprint density at radius 3 is 2.08 bits per heavy atom.